The van der Waals surface area contributed by atoms with Crippen LogP contribution in [0.15, 0.2) is 77.7 Å². The molecule has 0 spiro atoms. The minimum absolute atomic E-state index is 0.0220. The van der Waals surface area contributed by atoms with E-state index in [1.807, 2.05) is 51.1 Å². The van der Waals surface area contributed by atoms with Gasteiger partial charge in [-0.2, -0.15) is 0 Å². The number of sulfonamides is 1. The summed E-state index contributed by atoms with van der Waals surface area (Å²) in [4.78, 5) is 29.5. The zero-order chi connectivity index (χ0) is 30.3. The van der Waals surface area contributed by atoms with Crippen molar-refractivity contribution in [2.45, 2.75) is 82.8 Å². The van der Waals surface area contributed by atoms with Gasteiger partial charge in [-0.1, -0.05) is 74.2 Å². The van der Waals surface area contributed by atoms with E-state index < -0.39 is 28.5 Å². The first-order chi connectivity index (χ1) is 20.1. The van der Waals surface area contributed by atoms with Gasteiger partial charge in [-0.25, -0.2) is 8.42 Å². The average molecular weight is 610 g/mol. The van der Waals surface area contributed by atoms with E-state index in [0.29, 0.717) is 17.1 Å². The number of benzene rings is 3. The van der Waals surface area contributed by atoms with Gasteiger partial charge in [0.25, 0.3) is 10.0 Å². The SMILES string of the molecule is CC[C@H](C(=O)NC1CCCCC1)N(Cc1ccccc1C)C(=O)CN(c1cccc(C)c1)S(=O)(=O)c1ccc(Cl)cc1. The average Bonchev–Trinajstić information content (AvgIpc) is 2.97. The Bertz CT molecular complexity index is 1490. The van der Waals surface area contributed by atoms with Crippen LogP contribution < -0.4 is 9.62 Å². The van der Waals surface area contributed by atoms with Gasteiger partial charge in [-0.05, 0) is 86.2 Å². The number of carbonyl (C=O) groups excluding carboxylic acids is 2. The lowest BCUT2D eigenvalue weighted by atomic mass is 9.95. The Morgan fingerprint density at radius 1 is 0.952 bits per heavy atom. The van der Waals surface area contributed by atoms with Gasteiger partial charge in [0.2, 0.25) is 11.8 Å². The van der Waals surface area contributed by atoms with Crippen molar-refractivity contribution in [2.24, 2.45) is 0 Å². The van der Waals surface area contributed by atoms with Crippen LogP contribution in [0.1, 0.15) is 62.1 Å². The van der Waals surface area contributed by atoms with Crippen molar-refractivity contribution in [3.63, 3.8) is 0 Å². The number of anilines is 1. The lowest BCUT2D eigenvalue weighted by Gasteiger charge is -2.34. The number of aryl methyl sites for hydroxylation is 2. The van der Waals surface area contributed by atoms with Crippen molar-refractivity contribution in [3.8, 4) is 0 Å². The number of nitrogens with zero attached hydrogens (tertiary/aromatic N) is 2. The standard InChI is InChI=1S/C33H40ClN3O4S/c1-4-31(33(39)35-28-14-6-5-7-15-28)36(22-26-13-9-8-12-25(26)3)32(38)23-37(29-16-10-11-24(2)21-29)42(40,41)30-19-17-27(34)18-20-30/h8-13,16-21,28,31H,4-7,14-15,22-23H2,1-3H3,(H,35,39)/t31-/m1/s1. The molecule has 1 aliphatic rings. The summed E-state index contributed by atoms with van der Waals surface area (Å²) >= 11 is 6.04. The third-order valence-corrected chi connectivity index (χ3v) is 9.95. The number of rotatable bonds is 11. The summed E-state index contributed by atoms with van der Waals surface area (Å²) < 4.78 is 29.1. The Balaban J connectivity index is 1.71. The lowest BCUT2D eigenvalue weighted by Crippen LogP contribution is -2.54. The smallest absolute Gasteiger partial charge is 0.264 e. The molecule has 3 aromatic rings. The molecule has 1 atom stereocenters. The molecule has 9 heteroatoms. The molecule has 0 saturated heterocycles. The second-order valence-electron chi connectivity index (χ2n) is 11.0. The Hall–Kier alpha value is -3.36. The van der Waals surface area contributed by atoms with E-state index in [0.717, 1.165) is 46.7 Å². The summed E-state index contributed by atoms with van der Waals surface area (Å²) in [5.74, 6) is -0.656. The van der Waals surface area contributed by atoms with Crippen molar-refractivity contribution in [3.05, 3.63) is 94.5 Å². The highest BCUT2D eigenvalue weighted by atomic mass is 35.5. The van der Waals surface area contributed by atoms with Crippen LogP contribution in [-0.2, 0) is 26.2 Å². The van der Waals surface area contributed by atoms with Gasteiger partial charge in [-0.3, -0.25) is 13.9 Å². The summed E-state index contributed by atoms with van der Waals surface area (Å²) in [6, 6.07) is 20.0. The van der Waals surface area contributed by atoms with E-state index in [1.165, 1.54) is 30.7 Å². The van der Waals surface area contributed by atoms with Crippen LogP contribution >= 0.6 is 11.6 Å². The van der Waals surface area contributed by atoms with E-state index in [1.54, 1.807) is 23.1 Å². The van der Waals surface area contributed by atoms with Gasteiger partial charge in [0, 0.05) is 17.6 Å². The van der Waals surface area contributed by atoms with Gasteiger partial charge in [-0.15, -0.1) is 0 Å². The highest BCUT2D eigenvalue weighted by molar-refractivity contribution is 7.92. The van der Waals surface area contributed by atoms with Gasteiger partial charge >= 0.3 is 0 Å². The summed E-state index contributed by atoms with van der Waals surface area (Å²) in [5.41, 5.74) is 3.11. The molecule has 0 unspecified atom stereocenters. The van der Waals surface area contributed by atoms with Crippen molar-refractivity contribution in [2.75, 3.05) is 10.8 Å². The minimum Gasteiger partial charge on any atom is -0.352 e. The summed E-state index contributed by atoms with van der Waals surface area (Å²) in [6.07, 6.45) is 5.55. The molecule has 0 bridgehead atoms. The zero-order valence-corrected chi connectivity index (χ0v) is 26.1. The fourth-order valence-corrected chi connectivity index (χ4v) is 7.01. The predicted molar refractivity (Wildman–Crippen MR) is 168 cm³/mol. The van der Waals surface area contributed by atoms with E-state index in [2.05, 4.69) is 5.32 Å². The van der Waals surface area contributed by atoms with Crippen LogP contribution in [0.4, 0.5) is 5.69 Å². The maximum atomic E-state index is 14.3. The molecule has 1 saturated carbocycles. The molecule has 0 aliphatic heterocycles. The van der Waals surface area contributed by atoms with Crippen LogP contribution in [0.5, 0.6) is 0 Å². The summed E-state index contributed by atoms with van der Waals surface area (Å²) in [6.45, 7) is 5.43. The third-order valence-electron chi connectivity index (χ3n) is 7.91. The maximum absolute atomic E-state index is 14.3. The molecule has 1 aliphatic carbocycles. The molecule has 1 fully saturated rings. The Morgan fingerprint density at radius 3 is 2.29 bits per heavy atom. The van der Waals surface area contributed by atoms with E-state index in [-0.39, 0.29) is 23.4 Å². The lowest BCUT2D eigenvalue weighted by molar-refractivity contribution is -0.140. The molecule has 2 amide bonds. The Kier molecular flexibility index (Phi) is 10.7. The van der Waals surface area contributed by atoms with Crippen LogP contribution in [0.25, 0.3) is 0 Å². The van der Waals surface area contributed by atoms with Crippen molar-refractivity contribution < 1.29 is 18.0 Å². The van der Waals surface area contributed by atoms with Crippen LogP contribution in [0.3, 0.4) is 0 Å². The quantitative estimate of drug-likeness (QED) is 0.272. The van der Waals surface area contributed by atoms with E-state index >= 15 is 0 Å². The van der Waals surface area contributed by atoms with Crippen molar-refractivity contribution in [1.29, 1.82) is 0 Å². The molecule has 224 valence electrons. The minimum atomic E-state index is -4.15. The highest BCUT2D eigenvalue weighted by Gasteiger charge is 2.34. The Morgan fingerprint density at radius 2 is 1.64 bits per heavy atom. The fraction of sp³-hybridized carbons (Fsp3) is 0.394. The maximum Gasteiger partial charge on any atom is 0.264 e. The first kappa shape index (κ1) is 31.6. The molecule has 0 heterocycles. The number of hydrogen-bond acceptors (Lipinski definition) is 4. The number of amides is 2. The molecule has 1 N–H and O–H groups in total. The van der Waals surface area contributed by atoms with Gasteiger partial charge in [0.1, 0.15) is 12.6 Å². The first-order valence-electron chi connectivity index (χ1n) is 14.6. The monoisotopic (exact) mass is 609 g/mol. The number of hydrogen-bond donors (Lipinski definition) is 1. The van der Waals surface area contributed by atoms with Crippen molar-refractivity contribution in [1.82, 2.24) is 10.2 Å². The first-order valence-corrected chi connectivity index (χ1v) is 16.4. The largest absolute Gasteiger partial charge is 0.352 e. The second-order valence-corrected chi connectivity index (χ2v) is 13.3. The molecule has 7 nitrogen and oxygen atoms in total. The normalized spacial score (nSPS) is 14.7. The number of halogens is 1. The molecular weight excluding hydrogens is 570 g/mol. The molecule has 0 aromatic heterocycles. The summed E-state index contributed by atoms with van der Waals surface area (Å²) in [7, 11) is -4.15. The zero-order valence-electron chi connectivity index (χ0n) is 24.6. The second kappa shape index (κ2) is 14.2. The molecule has 3 aromatic carbocycles. The van der Waals surface area contributed by atoms with Crippen LogP contribution in [0.2, 0.25) is 5.02 Å². The van der Waals surface area contributed by atoms with Crippen LogP contribution in [0, 0.1) is 13.8 Å². The van der Waals surface area contributed by atoms with Crippen LogP contribution in [-0.4, -0.2) is 43.8 Å². The third kappa shape index (κ3) is 7.72. The van der Waals surface area contributed by atoms with E-state index in [4.69, 9.17) is 11.6 Å². The van der Waals surface area contributed by atoms with Gasteiger partial charge in [0.15, 0.2) is 0 Å². The van der Waals surface area contributed by atoms with Gasteiger partial charge in [0.05, 0.1) is 10.6 Å². The van der Waals surface area contributed by atoms with Gasteiger partial charge < -0.3 is 10.2 Å². The highest BCUT2D eigenvalue weighted by Crippen LogP contribution is 2.27. The number of carbonyl (C=O) groups is 2. The fourth-order valence-electron chi connectivity index (χ4n) is 5.48. The van der Waals surface area contributed by atoms with Crippen molar-refractivity contribution >= 4 is 39.1 Å². The topological polar surface area (TPSA) is 86.8 Å². The predicted octanol–water partition coefficient (Wildman–Crippen LogP) is 6.41. The molecular formula is C33H40ClN3O4S. The van der Waals surface area contributed by atoms with E-state index in [9.17, 15) is 18.0 Å². The summed E-state index contributed by atoms with van der Waals surface area (Å²) in [5, 5.41) is 3.59. The molecule has 4 rings (SSSR count). The Labute approximate surface area is 254 Å². The number of nitrogens with one attached hydrogen (secondary N) is 1. The molecule has 0 radical (unpaired) electrons. The molecule has 42 heavy (non-hydrogen) atoms.